The van der Waals surface area contributed by atoms with Crippen LogP contribution >= 0.6 is 0 Å². The molecule has 42 heavy (non-hydrogen) atoms. The maximum absolute atomic E-state index is 14.0. The maximum atomic E-state index is 14.0. The second kappa shape index (κ2) is 12.1. The zero-order chi connectivity index (χ0) is 30.8. The number of rotatable bonds is 6. The standard InChI is InChI=1S/C30H39F2N5O5/c1-19(2)21-9-7-8-10-22(21)30(25(38)34-23-12-11-20(3)33-24(23)41-26(31)32)17-37(18-30)27(39)35-13-15-36(16-14-35)28(40)42-29(4,5)6/h7-12,19,26H,13-18H2,1-6H3,(H,34,38). The van der Waals surface area contributed by atoms with E-state index < -0.39 is 29.6 Å². The summed E-state index contributed by atoms with van der Waals surface area (Å²) in [6.07, 6.45) is -0.416. The molecule has 12 heteroatoms. The number of nitrogens with one attached hydrogen (secondary N) is 1. The third-order valence-corrected chi connectivity index (χ3v) is 7.38. The van der Waals surface area contributed by atoms with Crippen molar-refractivity contribution in [1.29, 1.82) is 0 Å². The van der Waals surface area contributed by atoms with Crippen molar-refractivity contribution in [1.82, 2.24) is 19.7 Å². The molecule has 3 heterocycles. The number of aryl methyl sites for hydroxylation is 1. The summed E-state index contributed by atoms with van der Waals surface area (Å²) in [5, 5.41) is 2.76. The molecule has 0 bridgehead atoms. The van der Waals surface area contributed by atoms with Crippen LogP contribution in [0.2, 0.25) is 0 Å². The van der Waals surface area contributed by atoms with E-state index >= 15 is 0 Å². The fraction of sp³-hybridized carbons (Fsp3) is 0.533. The molecule has 228 valence electrons. The Hall–Kier alpha value is -3.96. The minimum absolute atomic E-state index is 0.0235. The molecule has 1 aromatic carbocycles. The first-order valence-electron chi connectivity index (χ1n) is 14.1. The average Bonchev–Trinajstić information content (AvgIpc) is 2.88. The van der Waals surface area contributed by atoms with Crippen LogP contribution in [0.4, 0.5) is 24.1 Å². The number of likely N-dealkylation sites (tertiary alicyclic amines) is 1. The van der Waals surface area contributed by atoms with Crippen LogP contribution in [0.1, 0.15) is 57.4 Å². The van der Waals surface area contributed by atoms with Crippen LogP contribution < -0.4 is 10.1 Å². The summed E-state index contributed by atoms with van der Waals surface area (Å²) in [5.41, 5.74) is 0.469. The third-order valence-electron chi connectivity index (χ3n) is 7.38. The summed E-state index contributed by atoms with van der Waals surface area (Å²) >= 11 is 0. The highest BCUT2D eigenvalue weighted by molar-refractivity contribution is 6.02. The highest BCUT2D eigenvalue weighted by atomic mass is 19.3. The van der Waals surface area contributed by atoms with Gasteiger partial charge in [0.05, 0.1) is 0 Å². The Kier molecular flexibility index (Phi) is 8.93. The molecule has 0 radical (unpaired) electrons. The summed E-state index contributed by atoms with van der Waals surface area (Å²) in [4.78, 5) is 48.8. The van der Waals surface area contributed by atoms with E-state index in [1.807, 2.05) is 38.1 Å². The lowest BCUT2D eigenvalue weighted by molar-refractivity contribution is -0.126. The van der Waals surface area contributed by atoms with Crippen LogP contribution in [-0.4, -0.2) is 89.2 Å². The first-order chi connectivity index (χ1) is 19.7. The SMILES string of the molecule is Cc1ccc(NC(=O)C2(c3ccccc3C(C)C)CN(C(=O)N3CCN(C(=O)OC(C)(C)C)CC3)C2)c(OC(F)F)n1. The van der Waals surface area contributed by atoms with Crippen molar-refractivity contribution >= 4 is 23.7 Å². The predicted molar refractivity (Wildman–Crippen MR) is 153 cm³/mol. The van der Waals surface area contributed by atoms with Crippen LogP contribution in [0, 0.1) is 6.92 Å². The number of benzene rings is 1. The Morgan fingerprint density at radius 3 is 2.17 bits per heavy atom. The fourth-order valence-electron chi connectivity index (χ4n) is 5.26. The van der Waals surface area contributed by atoms with Gasteiger partial charge in [-0.1, -0.05) is 38.1 Å². The number of carbonyl (C=O) groups is 3. The number of hydrogen-bond donors (Lipinski definition) is 1. The Balaban J connectivity index is 1.53. The lowest BCUT2D eigenvalue weighted by atomic mass is 9.69. The van der Waals surface area contributed by atoms with Crippen LogP contribution in [0.25, 0.3) is 0 Å². The highest BCUT2D eigenvalue weighted by Gasteiger charge is 2.54. The van der Waals surface area contributed by atoms with Gasteiger partial charge >= 0.3 is 18.7 Å². The van der Waals surface area contributed by atoms with Gasteiger partial charge in [-0.05, 0) is 56.9 Å². The Labute approximate surface area is 245 Å². The summed E-state index contributed by atoms with van der Waals surface area (Å²) < 4.78 is 36.2. The van der Waals surface area contributed by atoms with Gasteiger partial charge in [-0.15, -0.1) is 0 Å². The number of hydrogen-bond acceptors (Lipinski definition) is 6. The van der Waals surface area contributed by atoms with Crippen molar-refractivity contribution < 1.29 is 32.6 Å². The molecule has 1 N–H and O–H groups in total. The maximum Gasteiger partial charge on any atom is 0.410 e. The van der Waals surface area contributed by atoms with Gasteiger partial charge in [-0.2, -0.15) is 8.78 Å². The molecule has 2 saturated heterocycles. The van der Waals surface area contributed by atoms with Gasteiger partial charge in [0, 0.05) is 45.0 Å². The number of nitrogens with zero attached hydrogens (tertiary/aromatic N) is 4. The summed E-state index contributed by atoms with van der Waals surface area (Å²) in [7, 11) is 0. The Morgan fingerprint density at radius 1 is 0.952 bits per heavy atom. The summed E-state index contributed by atoms with van der Waals surface area (Å²) in [6, 6.07) is 10.4. The molecular formula is C30H39F2N5O5. The number of pyridine rings is 1. The van der Waals surface area contributed by atoms with Crippen molar-refractivity contribution in [2.75, 3.05) is 44.6 Å². The monoisotopic (exact) mass is 587 g/mol. The molecule has 2 aliphatic heterocycles. The highest BCUT2D eigenvalue weighted by Crippen LogP contribution is 2.41. The third kappa shape index (κ3) is 6.74. The van der Waals surface area contributed by atoms with E-state index in [9.17, 15) is 23.2 Å². The van der Waals surface area contributed by atoms with Gasteiger partial charge in [0.15, 0.2) is 0 Å². The van der Waals surface area contributed by atoms with Gasteiger partial charge < -0.3 is 29.5 Å². The van der Waals surface area contributed by atoms with Gasteiger partial charge in [0.25, 0.3) is 0 Å². The largest absolute Gasteiger partial charge is 0.444 e. The second-order valence-corrected chi connectivity index (χ2v) is 12.1. The van der Waals surface area contributed by atoms with Gasteiger partial charge in [-0.3, -0.25) is 4.79 Å². The van der Waals surface area contributed by atoms with Gasteiger partial charge in [-0.25, -0.2) is 14.6 Å². The van der Waals surface area contributed by atoms with Crippen molar-refractivity contribution in [3.05, 3.63) is 53.2 Å². The number of halogens is 2. The minimum Gasteiger partial charge on any atom is -0.444 e. The molecule has 10 nitrogen and oxygen atoms in total. The molecule has 4 rings (SSSR count). The van der Waals surface area contributed by atoms with Gasteiger partial charge in [0.1, 0.15) is 16.7 Å². The average molecular weight is 588 g/mol. The van der Waals surface area contributed by atoms with E-state index in [4.69, 9.17) is 4.74 Å². The molecule has 2 aromatic rings. The number of amides is 4. The van der Waals surface area contributed by atoms with Gasteiger partial charge in [0.2, 0.25) is 11.8 Å². The summed E-state index contributed by atoms with van der Waals surface area (Å²) in [5.74, 6) is -0.727. The lowest BCUT2D eigenvalue weighted by Crippen LogP contribution is -2.69. The second-order valence-electron chi connectivity index (χ2n) is 12.1. The van der Waals surface area contributed by atoms with E-state index in [-0.39, 0.29) is 36.6 Å². The van der Waals surface area contributed by atoms with Crippen LogP contribution in [0.3, 0.4) is 0 Å². The first-order valence-corrected chi connectivity index (χ1v) is 14.1. The molecule has 0 spiro atoms. The molecule has 1 aromatic heterocycles. The number of carbonyl (C=O) groups excluding carboxylic acids is 3. The molecule has 4 amide bonds. The lowest BCUT2D eigenvalue weighted by Gasteiger charge is -2.51. The number of anilines is 1. The smallest absolute Gasteiger partial charge is 0.410 e. The summed E-state index contributed by atoms with van der Waals surface area (Å²) in [6.45, 7) is 9.50. The van der Waals surface area contributed by atoms with Crippen molar-refractivity contribution in [3.63, 3.8) is 0 Å². The van der Waals surface area contributed by atoms with E-state index in [1.54, 1.807) is 48.5 Å². The first kappa shape index (κ1) is 31.0. The zero-order valence-electron chi connectivity index (χ0n) is 24.9. The van der Waals surface area contributed by atoms with Crippen LogP contribution in [-0.2, 0) is 14.9 Å². The number of piperazine rings is 1. The Bertz CT molecular complexity index is 1320. The molecular weight excluding hydrogens is 548 g/mol. The van der Waals surface area contributed by atoms with Crippen LogP contribution in [0.5, 0.6) is 5.88 Å². The van der Waals surface area contributed by atoms with E-state index in [0.717, 1.165) is 11.1 Å². The van der Waals surface area contributed by atoms with Crippen LogP contribution in [0.15, 0.2) is 36.4 Å². The molecule has 0 aliphatic carbocycles. The predicted octanol–water partition coefficient (Wildman–Crippen LogP) is 4.98. The zero-order valence-corrected chi connectivity index (χ0v) is 24.9. The van der Waals surface area contributed by atoms with E-state index in [0.29, 0.717) is 31.9 Å². The van der Waals surface area contributed by atoms with Crippen molar-refractivity contribution in [3.8, 4) is 5.88 Å². The quantitative estimate of drug-likeness (QED) is 0.511. The fourth-order valence-corrected chi connectivity index (χ4v) is 5.26. The Morgan fingerprint density at radius 2 is 1.57 bits per heavy atom. The molecule has 0 atom stereocenters. The number of aromatic nitrogens is 1. The topological polar surface area (TPSA) is 104 Å². The number of urea groups is 1. The van der Waals surface area contributed by atoms with E-state index in [1.165, 1.54) is 6.07 Å². The molecule has 2 aliphatic rings. The van der Waals surface area contributed by atoms with Crippen molar-refractivity contribution in [2.24, 2.45) is 0 Å². The normalized spacial score (nSPS) is 16.8. The van der Waals surface area contributed by atoms with Crippen molar-refractivity contribution in [2.45, 2.75) is 65.1 Å². The molecule has 0 saturated carbocycles. The number of ether oxygens (including phenoxy) is 2. The minimum atomic E-state index is -3.11. The van der Waals surface area contributed by atoms with E-state index in [2.05, 4.69) is 15.0 Å². The molecule has 0 unspecified atom stereocenters. The molecule has 2 fully saturated rings. The number of alkyl halides is 2.